The van der Waals surface area contributed by atoms with Gasteiger partial charge in [-0.1, -0.05) is 6.42 Å². The van der Waals surface area contributed by atoms with Crippen molar-refractivity contribution >= 4 is 11.9 Å². The molecule has 0 aliphatic carbocycles. The number of nitrogens with zero attached hydrogens (tertiary/aromatic N) is 3. The molecule has 7 heteroatoms. The fourth-order valence-corrected chi connectivity index (χ4v) is 3.39. The van der Waals surface area contributed by atoms with Crippen molar-refractivity contribution in [1.29, 1.82) is 0 Å². The first-order valence-electron chi connectivity index (χ1n) is 9.97. The van der Waals surface area contributed by atoms with Gasteiger partial charge in [0.2, 0.25) is 5.91 Å². The Bertz CT molecular complexity index is 467. The number of ether oxygens (including phenoxy) is 1. The van der Waals surface area contributed by atoms with E-state index in [4.69, 9.17) is 4.74 Å². The van der Waals surface area contributed by atoms with E-state index in [1.807, 2.05) is 0 Å². The van der Waals surface area contributed by atoms with Crippen LogP contribution in [0.3, 0.4) is 0 Å². The number of aliphatic imine (C=N–C) groups is 1. The Morgan fingerprint density at radius 2 is 1.92 bits per heavy atom. The van der Waals surface area contributed by atoms with Gasteiger partial charge >= 0.3 is 0 Å². The van der Waals surface area contributed by atoms with E-state index < -0.39 is 0 Å². The molecule has 26 heavy (non-hydrogen) atoms. The molecule has 1 atom stereocenters. The lowest BCUT2D eigenvalue weighted by atomic mass is 9.98. The van der Waals surface area contributed by atoms with E-state index in [0.717, 1.165) is 45.6 Å². The molecular formula is C19H37N5O2. The van der Waals surface area contributed by atoms with Crippen molar-refractivity contribution in [2.75, 3.05) is 53.4 Å². The molecule has 0 radical (unpaired) electrons. The molecule has 2 fully saturated rings. The van der Waals surface area contributed by atoms with Gasteiger partial charge in [0.05, 0.1) is 6.10 Å². The number of hydrogen-bond acceptors (Lipinski definition) is 4. The number of piperidine rings is 1. The predicted octanol–water partition coefficient (Wildman–Crippen LogP) is 1.05. The summed E-state index contributed by atoms with van der Waals surface area (Å²) in [5.74, 6) is 0.694. The Morgan fingerprint density at radius 3 is 2.54 bits per heavy atom. The normalized spacial score (nSPS) is 22.3. The van der Waals surface area contributed by atoms with Crippen LogP contribution in [0.4, 0.5) is 0 Å². The van der Waals surface area contributed by atoms with Crippen LogP contribution in [0.15, 0.2) is 4.99 Å². The average molecular weight is 368 g/mol. The van der Waals surface area contributed by atoms with Crippen LogP contribution in [0, 0.1) is 0 Å². The summed E-state index contributed by atoms with van der Waals surface area (Å²) in [6.07, 6.45) is 6.32. The molecule has 7 nitrogen and oxygen atoms in total. The second-order valence-electron chi connectivity index (χ2n) is 8.18. The molecule has 2 aliphatic rings. The number of likely N-dealkylation sites (N-methyl/N-ethyl adjacent to an activating group) is 1. The van der Waals surface area contributed by atoms with E-state index in [-0.39, 0.29) is 24.1 Å². The molecule has 0 spiro atoms. The van der Waals surface area contributed by atoms with E-state index in [9.17, 15) is 4.79 Å². The third-order valence-corrected chi connectivity index (χ3v) is 5.29. The number of guanidine groups is 1. The zero-order valence-electron chi connectivity index (χ0n) is 17.0. The molecule has 1 amide bonds. The van der Waals surface area contributed by atoms with Crippen LogP contribution in [-0.2, 0) is 9.53 Å². The first-order valence-corrected chi connectivity index (χ1v) is 9.97. The minimum Gasteiger partial charge on any atom is -0.376 e. The minimum absolute atomic E-state index is 0.00138. The maximum absolute atomic E-state index is 11.9. The van der Waals surface area contributed by atoms with E-state index in [1.165, 1.54) is 19.3 Å². The Kier molecular flexibility index (Phi) is 8.15. The standard InChI is InChI=1S/C19H37N5O2/c1-19(2,24-10-6-5-7-11-24)15-22-18(21-14-17(25)23(3)4)20-13-16-9-8-12-26-16/h16H,5-15H2,1-4H3,(H2,20,21,22). The van der Waals surface area contributed by atoms with Crippen molar-refractivity contribution in [2.24, 2.45) is 4.99 Å². The van der Waals surface area contributed by atoms with Gasteiger partial charge in [-0.15, -0.1) is 0 Å². The molecule has 2 heterocycles. The van der Waals surface area contributed by atoms with Crippen LogP contribution < -0.4 is 10.6 Å². The molecule has 2 aliphatic heterocycles. The number of hydrogen-bond donors (Lipinski definition) is 2. The van der Waals surface area contributed by atoms with Crippen LogP contribution in [0.25, 0.3) is 0 Å². The monoisotopic (exact) mass is 367 g/mol. The zero-order valence-corrected chi connectivity index (χ0v) is 17.0. The third-order valence-electron chi connectivity index (χ3n) is 5.29. The average Bonchev–Trinajstić information content (AvgIpc) is 3.15. The summed E-state index contributed by atoms with van der Waals surface area (Å²) < 4.78 is 5.68. The summed E-state index contributed by atoms with van der Waals surface area (Å²) in [7, 11) is 3.51. The Balaban J connectivity index is 1.90. The molecule has 0 bridgehead atoms. The van der Waals surface area contributed by atoms with Gasteiger partial charge in [-0.05, 0) is 52.6 Å². The van der Waals surface area contributed by atoms with E-state index in [0.29, 0.717) is 5.96 Å². The molecule has 0 aromatic heterocycles. The topological polar surface area (TPSA) is 69.2 Å². The highest BCUT2D eigenvalue weighted by Gasteiger charge is 2.28. The highest BCUT2D eigenvalue weighted by atomic mass is 16.5. The second kappa shape index (κ2) is 10.1. The van der Waals surface area contributed by atoms with Gasteiger partial charge in [-0.3, -0.25) is 9.69 Å². The predicted molar refractivity (Wildman–Crippen MR) is 105 cm³/mol. The van der Waals surface area contributed by atoms with Crippen molar-refractivity contribution in [1.82, 2.24) is 20.4 Å². The Morgan fingerprint density at radius 1 is 1.19 bits per heavy atom. The van der Waals surface area contributed by atoms with Gasteiger partial charge in [0.15, 0.2) is 5.96 Å². The third kappa shape index (κ3) is 6.76. The Hall–Kier alpha value is -1.34. The zero-order chi connectivity index (χ0) is 19.0. The van der Waals surface area contributed by atoms with Gasteiger partial charge in [-0.25, -0.2) is 4.99 Å². The number of nitrogens with one attached hydrogen (secondary N) is 2. The number of likely N-dealkylation sites (tertiary alicyclic amines) is 1. The fourth-order valence-electron chi connectivity index (χ4n) is 3.39. The lowest BCUT2D eigenvalue weighted by Crippen LogP contribution is -2.55. The quantitative estimate of drug-likeness (QED) is 0.520. The lowest BCUT2D eigenvalue weighted by molar-refractivity contribution is -0.127. The highest BCUT2D eigenvalue weighted by Crippen LogP contribution is 2.19. The van der Waals surface area contributed by atoms with E-state index >= 15 is 0 Å². The van der Waals surface area contributed by atoms with Gasteiger partial charge in [0, 0.05) is 39.3 Å². The van der Waals surface area contributed by atoms with Crippen LogP contribution in [-0.4, -0.2) is 86.7 Å². The summed E-state index contributed by atoms with van der Waals surface area (Å²) in [5.41, 5.74) is 0.0539. The summed E-state index contributed by atoms with van der Waals surface area (Å²) in [6.45, 7) is 9.37. The van der Waals surface area contributed by atoms with Crippen LogP contribution >= 0.6 is 0 Å². The number of carbonyl (C=O) groups excluding carboxylic acids is 1. The van der Waals surface area contributed by atoms with Crippen LogP contribution in [0.5, 0.6) is 0 Å². The first-order chi connectivity index (χ1) is 12.4. The van der Waals surface area contributed by atoms with Crippen LogP contribution in [0.1, 0.15) is 46.0 Å². The molecule has 2 saturated heterocycles. The smallest absolute Gasteiger partial charge is 0.243 e. The number of carbonyl (C=O) groups is 1. The van der Waals surface area contributed by atoms with Crippen LogP contribution in [0.2, 0.25) is 0 Å². The maximum Gasteiger partial charge on any atom is 0.243 e. The van der Waals surface area contributed by atoms with E-state index in [2.05, 4.69) is 34.4 Å². The SMILES string of the molecule is CN(C)C(=O)CN=C(NCC1CCCO1)NCC(C)(C)N1CCCCC1. The molecule has 2 rings (SSSR count). The van der Waals surface area contributed by atoms with Crippen molar-refractivity contribution < 1.29 is 9.53 Å². The first kappa shape index (κ1) is 21.0. The largest absolute Gasteiger partial charge is 0.376 e. The fraction of sp³-hybridized carbons (Fsp3) is 0.895. The lowest BCUT2D eigenvalue weighted by Gasteiger charge is -2.41. The molecule has 150 valence electrons. The summed E-state index contributed by atoms with van der Waals surface area (Å²) >= 11 is 0. The van der Waals surface area contributed by atoms with Gasteiger partial charge in [0.25, 0.3) is 0 Å². The van der Waals surface area contributed by atoms with Gasteiger partial charge < -0.3 is 20.3 Å². The molecule has 2 N–H and O–H groups in total. The number of rotatable bonds is 7. The molecule has 0 aromatic rings. The second-order valence-corrected chi connectivity index (χ2v) is 8.18. The number of amides is 1. The van der Waals surface area contributed by atoms with Crippen molar-refractivity contribution in [3.63, 3.8) is 0 Å². The van der Waals surface area contributed by atoms with E-state index in [1.54, 1.807) is 19.0 Å². The molecular weight excluding hydrogens is 330 g/mol. The van der Waals surface area contributed by atoms with Crippen molar-refractivity contribution in [2.45, 2.75) is 57.6 Å². The van der Waals surface area contributed by atoms with Crippen molar-refractivity contribution in [3.8, 4) is 0 Å². The van der Waals surface area contributed by atoms with Gasteiger partial charge in [0.1, 0.15) is 6.54 Å². The Labute approximate surface area is 158 Å². The molecule has 0 aromatic carbocycles. The maximum atomic E-state index is 11.9. The molecule has 0 saturated carbocycles. The summed E-state index contributed by atoms with van der Waals surface area (Å²) in [5, 5.41) is 6.80. The van der Waals surface area contributed by atoms with Crippen molar-refractivity contribution in [3.05, 3.63) is 0 Å². The minimum atomic E-state index is -0.00138. The molecule has 1 unspecified atom stereocenters. The van der Waals surface area contributed by atoms with Gasteiger partial charge in [-0.2, -0.15) is 0 Å². The summed E-state index contributed by atoms with van der Waals surface area (Å²) in [4.78, 5) is 20.5. The summed E-state index contributed by atoms with van der Waals surface area (Å²) in [6, 6.07) is 0. The highest BCUT2D eigenvalue weighted by molar-refractivity contribution is 5.84.